The van der Waals surface area contributed by atoms with Crippen molar-refractivity contribution in [2.45, 2.75) is 40.3 Å². The fourth-order valence-electron chi connectivity index (χ4n) is 3.17. The molecule has 2 N–H and O–H groups in total. The largest absolute Gasteiger partial charge is 0.490 e. The van der Waals surface area contributed by atoms with Gasteiger partial charge in [-0.05, 0) is 63.1 Å². The van der Waals surface area contributed by atoms with E-state index < -0.39 is 0 Å². The number of anilines is 1. The molecule has 27 heavy (non-hydrogen) atoms. The van der Waals surface area contributed by atoms with Crippen molar-refractivity contribution < 1.29 is 14.4 Å². The normalized spacial score (nSPS) is 12.9. The van der Waals surface area contributed by atoms with Gasteiger partial charge in [0.2, 0.25) is 0 Å². The van der Waals surface area contributed by atoms with Gasteiger partial charge in [-0.25, -0.2) is 0 Å². The van der Waals surface area contributed by atoms with Crippen LogP contribution in [-0.2, 0) is 11.3 Å². The number of quaternary nitrogens is 1. The number of carbonyl (C=O) groups excluding carboxylic acids is 1. The number of rotatable bonds is 8. The third-order valence-corrected chi connectivity index (χ3v) is 4.83. The topological polar surface area (TPSA) is 42.8 Å². The molecule has 0 saturated carbocycles. The highest BCUT2D eigenvalue weighted by Gasteiger charge is 2.23. The maximum absolute atomic E-state index is 12.7. The summed E-state index contributed by atoms with van der Waals surface area (Å²) < 4.78 is 5.51. The quantitative estimate of drug-likeness (QED) is 0.704. The van der Waals surface area contributed by atoms with Crippen LogP contribution >= 0.6 is 0 Å². The lowest BCUT2D eigenvalue weighted by Gasteiger charge is -2.22. The summed E-state index contributed by atoms with van der Waals surface area (Å²) in [7, 11) is 2.04. The number of hydrogen-bond donors (Lipinski definition) is 2. The van der Waals surface area contributed by atoms with E-state index >= 15 is 0 Å². The third-order valence-electron chi connectivity index (χ3n) is 4.83. The molecule has 0 bridgehead atoms. The van der Waals surface area contributed by atoms with E-state index in [4.69, 9.17) is 4.74 Å². The molecule has 2 aromatic rings. The second-order valence-electron chi connectivity index (χ2n) is 7.25. The van der Waals surface area contributed by atoms with Crippen LogP contribution in [0.5, 0.6) is 5.75 Å². The van der Waals surface area contributed by atoms with E-state index in [1.807, 2.05) is 52.1 Å². The van der Waals surface area contributed by atoms with Crippen LogP contribution in [0.15, 0.2) is 49.1 Å². The summed E-state index contributed by atoms with van der Waals surface area (Å²) in [6.07, 6.45) is 1.73. The molecular weight excluding hydrogens is 336 g/mol. The van der Waals surface area contributed by atoms with Crippen LogP contribution in [0.1, 0.15) is 29.2 Å². The van der Waals surface area contributed by atoms with E-state index in [9.17, 15) is 4.79 Å². The summed E-state index contributed by atoms with van der Waals surface area (Å²) in [5.74, 6) is 0.862. The SMILES string of the molecule is C=CCOc1ccc(C[NH+](C)[C@H](C)C(=O)Nc2c(C)cc(C)cc2C)cc1. The molecule has 0 aliphatic carbocycles. The average molecular weight is 368 g/mol. The zero-order valence-corrected chi connectivity index (χ0v) is 17.1. The summed E-state index contributed by atoms with van der Waals surface area (Å²) in [5, 5.41) is 3.12. The van der Waals surface area contributed by atoms with Crippen molar-refractivity contribution in [2.75, 3.05) is 19.0 Å². The van der Waals surface area contributed by atoms with E-state index in [1.54, 1.807) is 6.08 Å². The molecule has 4 nitrogen and oxygen atoms in total. The highest BCUT2D eigenvalue weighted by Crippen LogP contribution is 2.22. The Kier molecular flexibility index (Phi) is 7.19. The number of aryl methyl sites for hydroxylation is 3. The van der Waals surface area contributed by atoms with Crippen LogP contribution in [0.3, 0.4) is 0 Å². The number of amides is 1. The van der Waals surface area contributed by atoms with Crippen molar-refractivity contribution >= 4 is 11.6 Å². The summed E-state index contributed by atoms with van der Waals surface area (Å²) in [6, 6.07) is 12.0. The van der Waals surface area contributed by atoms with Crippen LogP contribution in [-0.4, -0.2) is 25.6 Å². The minimum absolute atomic E-state index is 0.0356. The Morgan fingerprint density at radius 1 is 1.19 bits per heavy atom. The lowest BCUT2D eigenvalue weighted by atomic mass is 10.0. The monoisotopic (exact) mass is 367 g/mol. The lowest BCUT2D eigenvalue weighted by molar-refractivity contribution is -0.907. The van der Waals surface area contributed by atoms with Crippen molar-refractivity contribution in [1.29, 1.82) is 0 Å². The van der Waals surface area contributed by atoms with Gasteiger partial charge in [-0.1, -0.05) is 30.4 Å². The van der Waals surface area contributed by atoms with Gasteiger partial charge in [-0.15, -0.1) is 0 Å². The van der Waals surface area contributed by atoms with Gasteiger partial charge in [0, 0.05) is 11.3 Å². The second-order valence-corrected chi connectivity index (χ2v) is 7.25. The maximum atomic E-state index is 12.7. The molecule has 2 rings (SSSR count). The third kappa shape index (κ3) is 5.69. The van der Waals surface area contributed by atoms with E-state index in [0.717, 1.165) is 34.0 Å². The smallest absolute Gasteiger partial charge is 0.282 e. The van der Waals surface area contributed by atoms with Gasteiger partial charge in [0.25, 0.3) is 5.91 Å². The Balaban J connectivity index is 1.99. The number of carbonyl (C=O) groups is 1. The van der Waals surface area contributed by atoms with Crippen molar-refractivity contribution in [2.24, 2.45) is 0 Å². The summed E-state index contributed by atoms with van der Waals surface area (Å²) in [6.45, 7) is 13.0. The first-order valence-electron chi connectivity index (χ1n) is 9.35. The van der Waals surface area contributed by atoms with Crippen LogP contribution < -0.4 is 15.0 Å². The number of hydrogen-bond acceptors (Lipinski definition) is 2. The minimum atomic E-state index is -0.165. The average Bonchev–Trinajstić information content (AvgIpc) is 2.63. The highest BCUT2D eigenvalue weighted by molar-refractivity contribution is 5.95. The summed E-state index contributed by atoms with van der Waals surface area (Å²) in [4.78, 5) is 13.9. The maximum Gasteiger partial charge on any atom is 0.282 e. The Hall–Kier alpha value is -2.59. The number of nitrogens with one attached hydrogen (secondary N) is 2. The van der Waals surface area contributed by atoms with Gasteiger partial charge in [0.1, 0.15) is 18.9 Å². The highest BCUT2D eigenvalue weighted by atomic mass is 16.5. The summed E-state index contributed by atoms with van der Waals surface area (Å²) in [5.41, 5.74) is 5.50. The molecule has 0 heterocycles. The number of ether oxygens (including phenoxy) is 1. The fraction of sp³-hybridized carbons (Fsp3) is 0.348. The molecule has 4 heteroatoms. The molecule has 0 aliphatic rings. The first-order chi connectivity index (χ1) is 12.8. The standard InChI is InChI=1S/C23H30N2O2/c1-7-12-27-21-10-8-20(9-11-21)15-25(6)19(5)23(26)24-22-17(3)13-16(2)14-18(22)4/h7-11,13-14,19H,1,12,15H2,2-6H3,(H,24,26)/p+1/t19-/m1/s1. The van der Waals surface area contributed by atoms with E-state index in [-0.39, 0.29) is 11.9 Å². The second kappa shape index (κ2) is 9.38. The van der Waals surface area contributed by atoms with Gasteiger partial charge < -0.3 is 15.0 Å². The van der Waals surface area contributed by atoms with Gasteiger partial charge in [0.15, 0.2) is 6.04 Å². The van der Waals surface area contributed by atoms with Gasteiger partial charge in [-0.2, -0.15) is 0 Å². The van der Waals surface area contributed by atoms with Crippen LogP contribution in [0.4, 0.5) is 5.69 Å². The Labute approximate surface area is 162 Å². The van der Waals surface area contributed by atoms with Gasteiger partial charge >= 0.3 is 0 Å². The van der Waals surface area contributed by atoms with Crippen molar-refractivity contribution in [1.82, 2.24) is 0 Å². The van der Waals surface area contributed by atoms with E-state index in [0.29, 0.717) is 6.61 Å². The number of likely N-dealkylation sites (N-methyl/N-ethyl adjacent to an activating group) is 1. The molecule has 1 unspecified atom stereocenters. The molecular formula is C23H31N2O2+. The lowest BCUT2D eigenvalue weighted by Crippen LogP contribution is -3.12. The molecule has 0 fully saturated rings. The molecule has 0 aromatic heterocycles. The predicted octanol–water partition coefficient (Wildman–Crippen LogP) is 3.22. The van der Waals surface area contributed by atoms with Crippen LogP contribution in [0, 0.1) is 20.8 Å². The molecule has 2 aromatic carbocycles. The Bertz CT molecular complexity index is 774. The van der Waals surface area contributed by atoms with Crippen molar-refractivity contribution in [3.8, 4) is 5.75 Å². The van der Waals surface area contributed by atoms with Crippen molar-refractivity contribution in [3.05, 3.63) is 71.3 Å². The fourth-order valence-corrected chi connectivity index (χ4v) is 3.17. The minimum Gasteiger partial charge on any atom is -0.490 e. The van der Waals surface area contributed by atoms with Gasteiger partial charge in [-0.3, -0.25) is 4.79 Å². The first kappa shape index (κ1) is 20.7. The van der Waals surface area contributed by atoms with Crippen LogP contribution in [0.25, 0.3) is 0 Å². The molecule has 1 amide bonds. The van der Waals surface area contributed by atoms with Crippen LogP contribution in [0.2, 0.25) is 0 Å². The first-order valence-corrected chi connectivity index (χ1v) is 9.35. The zero-order valence-electron chi connectivity index (χ0n) is 17.1. The Morgan fingerprint density at radius 3 is 2.33 bits per heavy atom. The molecule has 0 saturated heterocycles. The molecule has 0 radical (unpaired) electrons. The number of benzene rings is 2. The Morgan fingerprint density at radius 2 is 1.78 bits per heavy atom. The van der Waals surface area contributed by atoms with Gasteiger partial charge in [0.05, 0.1) is 7.05 Å². The molecule has 0 spiro atoms. The molecule has 144 valence electrons. The van der Waals surface area contributed by atoms with Crippen molar-refractivity contribution in [3.63, 3.8) is 0 Å². The predicted molar refractivity (Wildman–Crippen MR) is 111 cm³/mol. The molecule has 0 aliphatic heterocycles. The van der Waals surface area contributed by atoms with E-state index in [2.05, 4.69) is 31.0 Å². The zero-order chi connectivity index (χ0) is 20.0. The van der Waals surface area contributed by atoms with E-state index in [1.165, 1.54) is 11.1 Å². The summed E-state index contributed by atoms with van der Waals surface area (Å²) >= 11 is 0. The molecule has 2 atom stereocenters.